The standard InChI is InChI=1S/C24H15Cl2NO4S2/c25-17-9-8-16(19(26)12-17)13-31-20-7-2-1-4-14(20)11-21-22(28)27(24(32)33-21)18-6-3-5-15(10-18)23(29)30/h1-12H,13H2,(H,29,30)/b21-11-. The fourth-order valence-electron chi connectivity index (χ4n) is 3.14. The number of para-hydroxylation sites is 1. The predicted octanol–water partition coefficient (Wildman–Crippen LogP) is 6.68. The first kappa shape index (κ1) is 23.3. The van der Waals surface area contributed by atoms with Crippen molar-refractivity contribution in [3.63, 3.8) is 0 Å². The van der Waals surface area contributed by atoms with Crippen LogP contribution >= 0.6 is 47.2 Å². The van der Waals surface area contributed by atoms with Gasteiger partial charge in [-0.1, -0.05) is 77.5 Å². The summed E-state index contributed by atoms with van der Waals surface area (Å²) >= 11 is 18.7. The van der Waals surface area contributed by atoms with Crippen molar-refractivity contribution in [1.82, 2.24) is 0 Å². The van der Waals surface area contributed by atoms with E-state index in [1.807, 2.05) is 18.2 Å². The summed E-state index contributed by atoms with van der Waals surface area (Å²) < 4.78 is 6.29. The Labute approximate surface area is 209 Å². The highest BCUT2D eigenvalue weighted by atomic mass is 35.5. The third-order valence-corrected chi connectivity index (χ3v) is 6.64. The number of ether oxygens (including phenoxy) is 1. The van der Waals surface area contributed by atoms with Gasteiger partial charge in [-0.25, -0.2) is 4.79 Å². The predicted molar refractivity (Wildman–Crippen MR) is 136 cm³/mol. The van der Waals surface area contributed by atoms with E-state index < -0.39 is 5.97 Å². The molecular formula is C24H15Cl2NO4S2. The largest absolute Gasteiger partial charge is 0.488 e. The first-order valence-electron chi connectivity index (χ1n) is 9.60. The van der Waals surface area contributed by atoms with Crippen molar-refractivity contribution >= 4 is 75.1 Å². The fraction of sp³-hybridized carbons (Fsp3) is 0.0417. The van der Waals surface area contributed by atoms with Gasteiger partial charge in [-0.15, -0.1) is 0 Å². The van der Waals surface area contributed by atoms with E-state index in [2.05, 4.69) is 0 Å². The van der Waals surface area contributed by atoms with Gasteiger partial charge in [0.25, 0.3) is 5.91 Å². The molecule has 0 spiro atoms. The Bertz CT molecular complexity index is 1310. The van der Waals surface area contributed by atoms with Gasteiger partial charge < -0.3 is 9.84 Å². The molecule has 1 fully saturated rings. The van der Waals surface area contributed by atoms with Crippen molar-refractivity contribution in [2.24, 2.45) is 0 Å². The van der Waals surface area contributed by atoms with Crippen LogP contribution in [0.15, 0.2) is 71.6 Å². The number of rotatable bonds is 6. The second kappa shape index (κ2) is 9.97. The van der Waals surface area contributed by atoms with Gasteiger partial charge in [-0.2, -0.15) is 0 Å². The molecule has 3 aromatic rings. The van der Waals surface area contributed by atoms with E-state index in [0.717, 1.165) is 17.3 Å². The minimum atomic E-state index is -1.08. The topological polar surface area (TPSA) is 66.8 Å². The van der Waals surface area contributed by atoms with E-state index in [0.29, 0.717) is 36.3 Å². The summed E-state index contributed by atoms with van der Waals surface area (Å²) in [6, 6.07) is 18.6. The number of carbonyl (C=O) groups is 2. The van der Waals surface area contributed by atoms with Crippen molar-refractivity contribution < 1.29 is 19.4 Å². The Morgan fingerprint density at radius 3 is 2.64 bits per heavy atom. The number of carbonyl (C=O) groups excluding carboxylic acids is 1. The molecule has 33 heavy (non-hydrogen) atoms. The highest BCUT2D eigenvalue weighted by Crippen LogP contribution is 2.37. The molecule has 0 radical (unpaired) electrons. The van der Waals surface area contributed by atoms with Gasteiger partial charge in [-0.05, 0) is 42.5 Å². The number of thiocarbonyl (C=S) groups is 1. The third-order valence-electron chi connectivity index (χ3n) is 4.75. The van der Waals surface area contributed by atoms with Crippen molar-refractivity contribution in [2.75, 3.05) is 4.90 Å². The monoisotopic (exact) mass is 515 g/mol. The molecule has 1 saturated heterocycles. The van der Waals surface area contributed by atoms with Gasteiger partial charge >= 0.3 is 5.97 Å². The zero-order chi connectivity index (χ0) is 23.5. The Balaban J connectivity index is 1.58. The minimum Gasteiger partial charge on any atom is -0.488 e. The zero-order valence-corrected chi connectivity index (χ0v) is 20.0. The quantitative estimate of drug-likeness (QED) is 0.291. The zero-order valence-electron chi connectivity index (χ0n) is 16.8. The van der Waals surface area contributed by atoms with Crippen LogP contribution < -0.4 is 9.64 Å². The molecule has 0 atom stereocenters. The summed E-state index contributed by atoms with van der Waals surface area (Å²) in [6.45, 7) is 0.226. The van der Waals surface area contributed by atoms with Crippen LogP contribution in [0.2, 0.25) is 10.0 Å². The lowest BCUT2D eigenvalue weighted by Crippen LogP contribution is -2.27. The fourth-order valence-corrected chi connectivity index (χ4v) is 4.89. The number of amides is 1. The second-order valence-electron chi connectivity index (χ2n) is 6.93. The van der Waals surface area contributed by atoms with Crippen molar-refractivity contribution in [1.29, 1.82) is 0 Å². The molecule has 0 aromatic heterocycles. The van der Waals surface area contributed by atoms with E-state index >= 15 is 0 Å². The molecule has 5 nitrogen and oxygen atoms in total. The molecule has 1 N–H and O–H groups in total. The lowest BCUT2D eigenvalue weighted by molar-refractivity contribution is -0.113. The summed E-state index contributed by atoms with van der Waals surface area (Å²) in [4.78, 5) is 26.1. The number of halogens is 2. The second-order valence-corrected chi connectivity index (χ2v) is 9.45. The molecule has 0 unspecified atom stereocenters. The molecule has 1 amide bonds. The van der Waals surface area contributed by atoms with Crippen LogP contribution in [0.5, 0.6) is 5.75 Å². The number of carboxylic acids is 1. The molecule has 4 rings (SSSR count). The van der Waals surface area contributed by atoms with Gasteiger partial charge in [0.15, 0.2) is 4.32 Å². The van der Waals surface area contributed by atoms with E-state index in [9.17, 15) is 14.7 Å². The molecule has 3 aromatic carbocycles. The maximum Gasteiger partial charge on any atom is 0.335 e. The first-order chi connectivity index (χ1) is 15.8. The third kappa shape index (κ3) is 5.23. The maximum absolute atomic E-state index is 13.1. The number of anilines is 1. The van der Waals surface area contributed by atoms with Gasteiger partial charge in [0.05, 0.1) is 16.2 Å². The van der Waals surface area contributed by atoms with E-state index in [1.165, 1.54) is 17.0 Å². The van der Waals surface area contributed by atoms with E-state index in [-0.39, 0.29) is 18.1 Å². The highest BCUT2D eigenvalue weighted by molar-refractivity contribution is 8.27. The van der Waals surface area contributed by atoms with Crippen LogP contribution in [0.25, 0.3) is 6.08 Å². The molecule has 1 aliphatic rings. The van der Waals surface area contributed by atoms with Crippen LogP contribution in [-0.2, 0) is 11.4 Å². The first-order valence-corrected chi connectivity index (χ1v) is 11.6. The maximum atomic E-state index is 13.1. The normalized spacial score (nSPS) is 14.7. The molecule has 9 heteroatoms. The number of carboxylic acid groups (broad SMARTS) is 1. The van der Waals surface area contributed by atoms with Crippen LogP contribution in [0.1, 0.15) is 21.5 Å². The van der Waals surface area contributed by atoms with Gasteiger partial charge in [-0.3, -0.25) is 9.69 Å². The smallest absolute Gasteiger partial charge is 0.335 e. The van der Waals surface area contributed by atoms with Crippen LogP contribution in [0, 0.1) is 0 Å². The lowest BCUT2D eigenvalue weighted by Gasteiger charge is -2.15. The summed E-state index contributed by atoms with van der Waals surface area (Å²) in [5.74, 6) is -0.838. The summed E-state index contributed by atoms with van der Waals surface area (Å²) in [7, 11) is 0. The summed E-state index contributed by atoms with van der Waals surface area (Å²) in [5, 5.41) is 10.3. The number of nitrogens with zero attached hydrogens (tertiary/aromatic N) is 1. The van der Waals surface area contributed by atoms with Crippen LogP contribution in [0.4, 0.5) is 5.69 Å². The number of hydrogen-bond acceptors (Lipinski definition) is 5. The Kier molecular flexibility index (Phi) is 7.05. The molecule has 1 aliphatic heterocycles. The number of aromatic carboxylic acids is 1. The van der Waals surface area contributed by atoms with Crippen molar-refractivity contribution in [3.05, 3.63) is 98.4 Å². The average Bonchev–Trinajstić information content (AvgIpc) is 3.07. The van der Waals surface area contributed by atoms with Gasteiger partial charge in [0.2, 0.25) is 0 Å². The average molecular weight is 516 g/mol. The SMILES string of the molecule is O=C(O)c1cccc(N2C(=O)/C(=C/c3ccccc3OCc3ccc(Cl)cc3Cl)SC2=S)c1. The summed E-state index contributed by atoms with van der Waals surface area (Å²) in [5.41, 5.74) is 1.95. The number of hydrogen-bond donors (Lipinski definition) is 1. The molecule has 0 saturated carbocycles. The Morgan fingerprint density at radius 2 is 1.88 bits per heavy atom. The van der Waals surface area contributed by atoms with Crippen molar-refractivity contribution in [2.45, 2.75) is 6.61 Å². The van der Waals surface area contributed by atoms with Crippen LogP contribution in [0.3, 0.4) is 0 Å². The molecule has 166 valence electrons. The van der Waals surface area contributed by atoms with Gasteiger partial charge in [0, 0.05) is 21.2 Å². The van der Waals surface area contributed by atoms with E-state index in [4.69, 9.17) is 40.2 Å². The molecule has 1 heterocycles. The Morgan fingerprint density at radius 1 is 1.09 bits per heavy atom. The number of thioether (sulfide) groups is 1. The Hall–Kier alpha value is -2.84. The number of benzene rings is 3. The van der Waals surface area contributed by atoms with Gasteiger partial charge in [0.1, 0.15) is 12.4 Å². The molecular weight excluding hydrogens is 501 g/mol. The lowest BCUT2D eigenvalue weighted by atomic mass is 10.1. The van der Waals surface area contributed by atoms with Crippen molar-refractivity contribution in [3.8, 4) is 5.75 Å². The highest BCUT2D eigenvalue weighted by Gasteiger charge is 2.33. The molecule has 0 aliphatic carbocycles. The minimum absolute atomic E-state index is 0.0742. The van der Waals surface area contributed by atoms with Crippen LogP contribution in [-0.4, -0.2) is 21.3 Å². The summed E-state index contributed by atoms with van der Waals surface area (Å²) in [6.07, 6.45) is 1.71. The van der Waals surface area contributed by atoms with E-state index in [1.54, 1.807) is 42.5 Å². The molecule has 0 bridgehead atoms.